The molecule has 6 heteroatoms. The molecule has 0 atom stereocenters. The zero-order valence-electron chi connectivity index (χ0n) is 9.66. The van der Waals surface area contributed by atoms with E-state index in [1.807, 2.05) is 0 Å². The molecule has 2 aromatic heterocycles. The van der Waals surface area contributed by atoms with E-state index >= 15 is 0 Å². The van der Waals surface area contributed by atoms with Crippen molar-refractivity contribution in [2.24, 2.45) is 0 Å². The van der Waals surface area contributed by atoms with Gasteiger partial charge in [0.2, 0.25) is 0 Å². The van der Waals surface area contributed by atoms with E-state index in [0.29, 0.717) is 17.1 Å². The Bertz CT molecular complexity index is 576. The Morgan fingerprint density at radius 3 is 2.47 bits per heavy atom. The standard InChI is InChI=1S/C11H13N4OP/c1-17(2,16)10-4-3-8(7-14-10)11-13-6-5-9(12)15-11/h3-7H,1-2H3,(H2,12,13,15). The number of aromatic nitrogens is 3. The molecule has 0 aliphatic carbocycles. The Kier molecular flexibility index (Phi) is 2.94. The Labute approximate surface area is 99.5 Å². The molecule has 17 heavy (non-hydrogen) atoms. The van der Waals surface area contributed by atoms with E-state index in [0.717, 1.165) is 5.56 Å². The molecule has 0 unspecified atom stereocenters. The summed E-state index contributed by atoms with van der Waals surface area (Å²) in [6.45, 7) is 3.37. The van der Waals surface area contributed by atoms with Crippen LogP contribution in [0.1, 0.15) is 0 Å². The van der Waals surface area contributed by atoms with E-state index < -0.39 is 7.14 Å². The minimum atomic E-state index is -2.32. The van der Waals surface area contributed by atoms with E-state index in [1.165, 1.54) is 0 Å². The van der Waals surface area contributed by atoms with Crippen LogP contribution in [0.15, 0.2) is 30.6 Å². The van der Waals surface area contributed by atoms with Gasteiger partial charge in [-0.3, -0.25) is 4.98 Å². The number of rotatable bonds is 2. The molecule has 2 N–H and O–H groups in total. The van der Waals surface area contributed by atoms with Crippen LogP contribution in [0.5, 0.6) is 0 Å². The first kappa shape index (κ1) is 11.7. The van der Waals surface area contributed by atoms with Gasteiger partial charge in [0.1, 0.15) is 13.0 Å². The molecule has 0 spiro atoms. The minimum Gasteiger partial charge on any atom is -0.384 e. The van der Waals surface area contributed by atoms with Crippen molar-refractivity contribution < 1.29 is 4.57 Å². The van der Waals surface area contributed by atoms with Gasteiger partial charge in [0, 0.05) is 18.0 Å². The fraction of sp³-hybridized carbons (Fsp3) is 0.182. The highest BCUT2D eigenvalue weighted by Gasteiger charge is 2.12. The zero-order valence-corrected chi connectivity index (χ0v) is 10.6. The maximum absolute atomic E-state index is 11.8. The van der Waals surface area contributed by atoms with Gasteiger partial charge in [-0.2, -0.15) is 0 Å². The third kappa shape index (κ3) is 2.68. The summed E-state index contributed by atoms with van der Waals surface area (Å²) in [5.74, 6) is 0.932. The largest absolute Gasteiger partial charge is 0.384 e. The summed E-state index contributed by atoms with van der Waals surface area (Å²) in [5, 5.41) is 0. The molecule has 2 aromatic rings. The number of nitrogens with zero attached hydrogens (tertiary/aromatic N) is 3. The van der Waals surface area contributed by atoms with Crippen molar-refractivity contribution in [2.75, 3.05) is 19.1 Å². The average molecular weight is 248 g/mol. The summed E-state index contributed by atoms with van der Waals surface area (Å²) in [5.41, 5.74) is 6.94. The normalized spacial score (nSPS) is 11.4. The van der Waals surface area contributed by atoms with E-state index in [-0.39, 0.29) is 0 Å². The predicted octanol–water partition coefficient (Wildman–Crippen LogP) is 1.37. The van der Waals surface area contributed by atoms with Crippen LogP contribution >= 0.6 is 7.14 Å². The first-order valence-corrected chi connectivity index (χ1v) is 7.67. The fourth-order valence-corrected chi connectivity index (χ4v) is 2.12. The number of nitrogens with two attached hydrogens (primary N) is 1. The van der Waals surface area contributed by atoms with Crippen LogP contribution in [0.2, 0.25) is 0 Å². The molecule has 88 valence electrons. The smallest absolute Gasteiger partial charge is 0.163 e. The van der Waals surface area contributed by atoms with Gasteiger partial charge in [-0.15, -0.1) is 0 Å². The van der Waals surface area contributed by atoms with Crippen LogP contribution in [-0.2, 0) is 4.57 Å². The number of pyridine rings is 1. The molecule has 0 aromatic carbocycles. The lowest BCUT2D eigenvalue weighted by molar-refractivity contribution is 0.588. The lowest BCUT2D eigenvalue weighted by atomic mass is 10.3. The van der Waals surface area contributed by atoms with Gasteiger partial charge in [0.25, 0.3) is 0 Å². The number of hydrogen-bond donors (Lipinski definition) is 1. The van der Waals surface area contributed by atoms with Crippen molar-refractivity contribution in [3.63, 3.8) is 0 Å². The average Bonchev–Trinajstić information content (AvgIpc) is 2.28. The lowest BCUT2D eigenvalue weighted by Crippen LogP contribution is -2.07. The first-order chi connectivity index (χ1) is 7.97. The number of nitrogen functional groups attached to an aromatic ring is 1. The van der Waals surface area contributed by atoms with Crippen molar-refractivity contribution in [1.82, 2.24) is 15.0 Å². The van der Waals surface area contributed by atoms with Gasteiger partial charge in [-0.05, 0) is 31.5 Å². The van der Waals surface area contributed by atoms with Crippen LogP contribution in [0.3, 0.4) is 0 Å². The molecule has 5 nitrogen and oxygen atoms in total. The van der Waals surface area contributed by atoms with Crippen LogP contribution < -0.4 is 11.2 Å². The van der Waals surface area contributed by atoms with E-state index in [2.05, 4.69) is 15.0 Å². The summed E-state index contributed by atoms with van der Waals surface area (Å²) in [4.78, 5) is 12.4. The molecular weight excluding hydrogens is 235 g/mol. The van der Waals surface area contributed by atoms with Crippen molar-refractivity contribution in [2.45, 2.75) is 0 Å². The van der Waals surface area contributed by atoms with Gasteiger partial charge < -0.3 is 10.3 Å². The second-order valence-electron chi connectivity index (χ2n) is 4.06. The quantitative estimate of drug-likeness (QED) is 0.811. The lowest BCUT2D eigenvalue weighted by Gasteiger charge is -2.06. The van der Waals surface area contributed by atoms with Gasteiger partial charge in [-0.1, -0.05) is 0 Å². The summed E-state index contributed by atoms with van der Waals surface area (Å²) >= 11 is 0. The van der Waals surface area contributed by atoms with Crippen LogP contribution in [-0.4, -0.2) is 28.3 Å². The Morgan fingerprint density at radius 2 is 1.94 bits per heavy atom. The molecule has 0 saturated carbocycles. The molecule has 0 saturated heterocycles. The molecule has 0 amide bonds. The molecule has 0 radical (unpaired) electrons. The highest BCUT2D eigenvalue weighted by Crippen LogP contribution is 2.33. The molecule has 2 rings (SSSR count). The first-order valence-electron chi connectivity index (χ1n) is 5.07. The highest BCUT2D eigenvalue weighted by atomic mass is 31.2. The zero-order chi connectivity index (χ0) is 12.5. The molecule has 2 heterocycles. The van der Waals surface area contributed by atoms with Crippen molar-refractivity contribution in [1.29, 1.82) is 0 Å². The highest BCUT2D eigenvalue weighted by molar-refractivity contribution is 7.69. The van der Waals surface area contributed by atoms with E-state index in [4.69, 9.17) is 5.73 Å². The van der Waals surface area contributed by atoms with E-state index in [9.17, 15) is 4.57 Å². The second kappa shape index (κ2) is 4.26. The van der Waals surface area contributed by atoms with Gasteiger partial charge in [0.05, 0.1) is 5.44 Å². The summed E-state index contributed by atoms with van der Waals surface area (Å²) in [6.07, 6.45) is 3.21. The van der Waals surface area contributed by atoms with Crippen molar-refractivity contribution in [3.8, 4) is 11.4 Å². The van der Waals surface area contributed by atoms with Crippen molar-refractivity contribution >= 4 is 18.4 Å². The topological polar surface area (TPSA) is 81.8 Å². The third-order valence-corrected chi connectivity index (χ3v) is 3.60. The second-order valence-corrected chi connectivity index (χ2v) is 7.22. The molecule has 0 aliphatic rings. The summed E-state index contributed by atoms with van der Waals surface area (Å²) in [6, 6.07) is 5.16. The molecule has 0 bridgehead atoms. The molecule has 0 aliphatic heterocycles. The van der Waals surface area contributed by atoms with Gasteiger partial charge >= 0.3 is 0 Å². The summed E-state index contributed by atoms with van der Waals surface area (Å²) in [7, 11) is -2.32. The Balaban J connectivity index is 2.39. The van der Waals surface area contributed by atoms with Crippen LogP contribution in [0, 0.1) is 0 Å². The minimum absolute atomic E-state index is 0.413. The summed E-state index contributed by atoms with van der Waals surface area (Å²) < 4.78 is 11.8. The van der Waals surface area contributed by atoms with Gasteiger partial charge in [0.15, 0.2) is 5.82 Å². The maximum atomic E-state index is 11.8. The molecule has 0 fully saturated rings. The Morgan fingerprint density at radius 1 is 1.18 bits per heavy atom. The third-order valence-electron chi connectivity index (χ3n) is 2.23. The number of hydrogen-bond acceptors (Lipinski definition) is 5. The Hall–Kier alpha value is -1.74. The maximum Gasteiger partial charge on any atom is 0.163 e. The monoisotopic (exact) mass is 248 g/mol. The van der Waals surface area contributed by atoms with Crippen molar-refractivity contribution in [3.05, 3.63) is 30.6 Å². The predicted molar refractivity (Wildman–Crippen MR) is 68.8 cm³/mol. The number of anilines is 1. The van der Waals surface area contributed by atoms with Crippen LogP contribution in [0.4, 0.5) is 5.82 Å². The molecular formula is C11H13N4OP. The SMILES string of the molecule is CP(C)(=O)c1ccc(-c2nccc(N)n2)cn1. The van der Waals surface area contributed by atoms with Gasteiger partial charge in [-0.25, -0.2) is 9.97 Å². The van der Waals surface area contributed by atoms with E-state index in [1.54, 1.807) is 43.9 Å². The fourth-order valence-electron chi connectivity index (χ4n) is 1.35. The van der Waals surface area contributed by atoms with Crippen LogP contribution in [0.25, 0.3) is 11.4 Å².